The summed E-state index contributed by atoms with van der Waals surface area (Å²) in [7, 11) is 1.61. The Balaban J connectivity index is 1.42. The Kier molecular flexibility index (Phi) is 5.59. The molecule has 5 rings (SSSR count). The van der Waals surface area contributed by atoms with Gasteiger partial charge in [0.25, 0.3) is 5.78 Å². The molecule has 35 heavy (non-hydrogen) atoms. The lowest BCUT2D eigenvalue weighted by molar-refractivity contribution is -0.274. The quantitative estimate of drug-likeness (QED) is 0.348. The predicted octanol–water partition coefficient (Wildman–Crippen LogP) is 4.78. The lowest BCUT2D eigenvalue weighted by Gasteiger charge is -2.10. The van der Waals surface area contributed by atoms with E-state index in [-0.39, 0.29) is 5.75 Å². The fourth-order valence-corrected chi connectivity index (χ4v) is 3.74. The summed E-state index contributed by atoms with van der Waals surface area (Å²) in [5.41, 5.74) is 3.98. The molecule has 0 bridgehead atoms. The van der Waals surface area contributed by atoms with Crippen LogP contribution in [0.25, 0.3) is 22.7 Å². The van der Waals surface area contributed by atoms with Crippen molar-refractivity contribution in [2.45, 2.75) is 19.7 Å². The highest BCUT2D eigenvalue weighted by Crippen LogP contribution is 2.28. The second-order valence-corrected chi connectivity index (χ2v) is 7.75. The number of hydrogen-bond donors (Lipinski definition) is 0. The van der Waals surface area contributed by atoms with E-state index < -0.39 is 6.36 Å². The van der Waals surface area contributed by atoms with Gasteiger partial charge in [-0.25, -0.2) is 9.97 Å². The highest BCUT2D eigenvalue weighted by Gasteiger charge is 2.31. The minimum Gasteiger partial charge on any atom is -0.495 e. The largest absolute Gasteiger partial charge is 0.573 e. The van der Waals surface area contributed by atoms with Gasteiger partial charge in [-0.2, -0.15) is 9.50 Å². The van der Waals surface area contributed by atoms with Gasteiger partial charge in [0.05, 0.1) is 30.5 Å². The van der Waals surface area contributed by atoms with Gasteiger partial charge >= 0.3 is 6.36 Å². The highest BCUT2D eigenvalue weighted by atomic mass is 19.4. The number of imidazole rings is 1. The molecule has 8 nitrogen and oxygen atoms in total. The normalized spacial score (nSPS) is 11.7. The second kappa shape index (κ2) is 8.75. The third-order valence-corrected chi connectivity index (χ3v) is 5.26. The van der Waals surface area contributed by atoms with Crippen LogP contribution in [0.4, 0.5) is 13.2 Å². The molecular weight excluding hydrogens is 461 g/mol. The Hall–Kier alpha value is -4.41. The van der Waals surface area contributed by atoms with E-state index in [1.54, 1.807) is 30.2 Å². The maximum atomic E-state index is 12.4. The van der Waals surface area contributed by atoms with Crippen LogP contribution in [0.5, 0.6) is 11.5 Å². The number of aromatic nitrogens is 6. The first-order chi connectivity index (χ1) is 16.8. The maximum absolute atomic E-state index is 12.4. The smallest absolute Gasteiger partial charge is 0.495 e. The fourth-order valence-electron chi connectivity index (χ4n) is 3.74. The van der Waals surface area contributed by atoms with Gasteiger partial charge in [0.2, 0.25) is 0 Å². The number of fused-ring (bicyclic) bond motifs is 1. The van der Waals surface area contributed by atoms with E-state index in [2.05, 4.69) is 24.8 Å². The number of ether oxygens (including phenoxy) is 2. The summed E-state index contributed by atoms with van der Waals surface area (Å²) in [6.45, 7) is 1.92. The summed E-state index contributed by atoms with van der Waals surface area (Å²) in [6, 6.07) is 13.1. The fraction of sp³-hybridized carbons (Fsp3) is 0.167. The van der Waals surface area contributed by atoms with Crippen LogP contribution in [0.3, 0.4) is 0 Å². The minimum absolute atomic E-state index is 0.297. The van der Waals surface area contributed by atoms with E-state index in [0.717, 1.165) is 16.9 Å². The van der Waals surface area contributed by atoms with Crippen LogP contribution in [0, 0.1) is 6.92 Å². The summed E-state index contributed by atoms with van der Waals surface area (Å²) in [5, 5.41) is 4.58. The molecule has 11 heteroatoms. The van der Waals surface area contributed by atoms with Crippen LogP contribution >= 0.6 is 0 Å². The molecule has 0 fully saturated rings. The number of benzene rings is 2. The minimum atomic E-state index is -4.75. The highest BCUT2D eigenvalue weighted by molar-refractivity contribution is 5.62. The Morgan fingerprint density at radius 3 is 2.49 bits per heavy atom. The molecule has 0 saturated heterocycles. The SMILES string of the molecule is COc1cc(Cc2nc3nccc(-c4ccc(OC(F)(F)F)cc4)n3n2)ccc1-n1cnc(C)c1. The van der Waals surface area contributed by atoms with Crippen LogP contribution in [-0.2, 0) is 6.42 Å². The zero-order valence-electron chi connectivity index (χ0n) is 18.7. The maximum Gasteiger partial charge on any atom is 0.573 e. The van der Waals surface area contributed by atoms with Crippen molar-refractivity contribution in [3.63, 3.8) is 0 Å². The third kappa shape index (κ3) is 4.79. The molecule has 5 aromatic rings. The van der Waals surface area contributed by atoms with Crippen molar-refractivity contribution in [3.05, 3.63) is 84.3 Å². The standard InChI is InChI=1S/C24H19F3N6O2/c1-15-13-32(14-29-15)20-8-3-16(11-21(20)34-2)12-22-30-23-28-10-9-19(33(23)31-22)17-4-6-18(7-5-17)35-24(25,26)27/h3-11,13-14H,12H2,1-2H3. The van der Waals surface area contributed by atoms with Crippen molar-refractivity contribution < 1.29 is 22.6 Å². The van der Waals surface area contributed by atoms with E-state index >= 15 is 0 Å². The van der Waals surface area contributed by atoms with Crippen molar-refractivity contribution >= 4 is 5.78 Å². The van der Waals surface area contributed by atoms with Crippen molar-refractivity contribution in [2.24, 2.45) is 0 Å². The molecule has 0 aliphatic heterocycles. The molecule has 0 atom stereocenters. The molecule has 0 unspecified atom stereocenters. The third-order valence-electron chi connectivity index (χ3n) is 5.26. The topological polar surface area (TPSA) is 79.4 Å². The number of aryl methyl sites for hydroxylation is 1. The zero-order valence-corrected chi connectivity index (χ0v) is 18.7. The molecule has 0 N–H and O–H groups in total. The molecule has 0 radical (unpaired) electrons. The Morgan fingerprint density at radius 2 is 1.80 bits per heavy atom. The van der Waals surface area contributed by atoms with Gasteiger partial charge in [0.1, 0.15) is 11.5 Å². The Labute approximate surface area is 197 Å². The van der Waals surface area contributed by atoms with Crippen LogP contribution in [0.2, 0.25) is 0 Å². The van der Waals surface area contributed by atoms with Crippen LogP contribution < -0.4 is 9.47 Å². The zero-order chi connectivity index (χ0) is 24.6. The van der Waals surface area contributed by atoms with E-state index in [1.807, 2.05) is 35.9 Å². The average Bonchev–Trinajstić information content (AvgIpc) is 3.44. The second-order valence-electron chi connectivity index (χ2n) is 7.75. The number of rotatable bonds is 6. The molecule has 178 valence electrons. The number of methoxy groups -OCH3 is 1. The van der Waals surface area contributed by atoms with E-state index in [4.69, 9.17) is 4.74 Å². The van der Waals surface area contributed by atoms with Crippen molar-refractivity contribution in [1.82, 2.24) is 29.1 Å². The molecule has 3 aromatic heterocycles. The van der Waals surface area contributed by atoms with E-state index in [1.165, 1.54) is 24.3 Å². The number of hydrogen-bond acceptors (Lipinski definition) is 6. The van der Waals surface area contributed by atoms with Crippen molar-refractivity contribution in [2.75, 3.05) is 7.11 Å². The first-order valence-corrected chi connectivity index (χ1v) is 10.5. The molecule has 2 aromatic carbocycles. The summed E-state index contributed by atoms with van der Waals surface area (Å²) >= 11 is 0. The van der Waals surface area contributed by atoms with Gasteiger partial charge in [0, 0.05) is 24.4 Å². The van der Waals surface area contributed by atoms with Gasteiger partial charge < -0.3 is 14.0 Å². The van der Waals surface area contributed by atoms with Gasteiger partial charge in [-0.3, -0.25) is 0 Å². The van der Waals surface area contributed by atoms with Crippen molar-refractivity contribution in [1.29, 1.82) is 0 Å². The summed E-state index contributed by atoms with van der Waals surface area (Å²) in [5.74, 6) is 1.30. The molecule has 3 heterocycles. The number of alkyl halides is 3. The summed E-state index contributed by atoms with van der Waals surface area (Å²) < 4.78 is 50.3. The lowest BCUT2D eigenvalue weighted by Crippen LogP contribution is -2.16. The molecule has 0 aliphatic rings. The van der Waals surface area contributed by atoms with E-state index in [9.17, 15) is 13.2 Å². The van der Waals surface area contributed by atoms with Crippen LogP contribution in [-0.4, -0.2) is 42.6 Å². The molecular formula is C24H19F3N6O2. The van der Waals surface area contributed by atoms with Gasteiger partial charge in [0.15, 0.2) is 5.82 Å². The first kappa shape index (κ1) is 22.4. The molecule has 0 spiro atoms. The first-order valence-electron chi connectivity index (χ1n) is 10.5. The number of nitrogens with zero attached hydrogens (tertiary/aromatic N) is 6. The molecule has 0 saturated carbocycles. The Morgan fingerprint density at radius 1 is 1.00 bits per heavy atom. The predicted molar refractivity (Wildman–Crippen MR) is 121 cm³/mol. The van der Waals surface area contributed by atoms with E-state index in [0.29, 0.717) is 35.0 Å². The van der Waals surface area contributed by atoms with Crippen LogP contribution in [0.15, 0.2) is 67.3 Å². The van der Waals surface area contributed by atoms with Gasteiger partial charge in [-0.1, -0.05) is 6.07 Å². The van der Waals surface area contributed by atoms with Crippen LogP contribution in [0.1, 0.15) is 17.1 Å². The van der Waals surface area contributed by atoms with Gasteiger partial charge in [-0.15, -0.1) is 18.3 Å². The average molecular weight is 480 g/mol. The lowest BCUT2D eigenvalue weighted by atomic mass is 10.1. The molecule has 0 amide bonds. The molecule has 0 aliphatic carbocycles. The summed E-state index contributed by atoms with van der Waals surface area (Å²) in [6.07, 6.45) is 0.904. The number of halogens is 3. The van der Waals surface area contributed by atoms with Crippen molar-refractivity contribution in [3.8, 4) is 28.4 Å². The van der Waals surface area contributed by atoms with Gasteiger partial charge in [-0.05, 0) is 55.0 Å². The summed E-state index contributed by atoms with van der Waals surface area (Å²) in [4.78, 5) is 13.0. The monoisotopic (exact) mass is 480 g/mol. The Bertz CT molecular complexity index is 1490.